The van der Waals surface area contributed by atoms with Crippen LogP contribution in [0.1, 0.15) is 32.1 Å². The summed E-state index contributed by atoms with van der Waals surface area (Å²) >= 11 is 0. The third-order valence-electron chi connectivity index (χ3n) is 4.16. The summed E-state index contributed by atoms with van der Waals surface area (Å²) in [6.07, 6.45) is 5.68. The van der Waals surface area contributed by atoms with Gasteiger partial charge in [-0.15, -0.1) is 0 Å². The zero-order valence-electron chi connectivity index (χ0n) is 10.7. The molecular weight excluding hydrogens is 216 g/mol. The quantitative estimate of drug-likeness (QED) is 0.725. The Balaban J connectivity index is 1.85. The van der Waals surface area contributed by atoms with E-state index in [4.69, 9.17) is 10.5 Å². The maximum Gasteiger partial charge on any atom is 0.223 e. The molecule has 4 heteroatoms. The molecule has 1 unspecified atom stereocenters. The number of hydrogen-bond acceptors (Lipinski definition) is 3. The van der Waals surface area contributed by atoms with Crippen LogP contribution >= 0.6 is 0 Å². The van der Waals surface area contributed by atoms with Crippen LogP contribution in [0.3, 0.4) is 0 Å². The number of nitrogens with one attached hydrogen (secondary N) is 1. The number of carbonyl (C=O) groups is 1. The lowest BCUT2D eigenvalue weighted by molar-refractivity contribution is -0.127. The summed E-state index contributed by atoms with van der Waals surface area (Å²) in [7, 11) is 1.69. The summed E-state index contributed by atoms with van der Waals surface area (Å²) in [5.41, 5.74) is 5.72. The molecule has 4 nitrogen and oxygen atoms in total. The fourth-order valence-electron chi connectivity index (χ4n) is 2.93. The molecule has 0 aromatic carbocycles. The summed E-state index contributed by atoms with van der Waals surface area (Å²) in [6, 6.07) is 0.214. The van der Waals surface area contributed by atoms with E-state index in [1.165, 1.54) is 12.8 Å². The molecule has 0 bridgehead atoms. The van der Waals surface area contributed by atoms with E-state index in [9.17, 15) is 4.79 Å². The average Bonchev–Trinajstić information content (AvgIpc) is 3.05. The molecule has 98 valence electrons. The SMILES string of the molecule is COCC(NC(=O)[C@@H]1CCC[C@@H]1CN)C1CC1. The smallest absolute Gasteiger partial charge is 0.223 e. The van der Waals surface area contributed by atoms with Gasteiger partial charge >= 0.3 is 0 Å². The van der Waals surface area contributed by atoms with Crippen molar-refractivity contribution in [1.82, 2.24) is 5.32 Å². The molecular formula is C13H24N2O2. The molecule has 2 aliphatic rings. The molecule has 0 aromatic rings. The Kier molecular flexibility index (Phi) is 4.40. The predicted molar refractivity (Wildman–Crippen MR) is 66.4 cm³/mol. The number of rotatable bonds is 6. The highest BCUT2D eigenvalue weighted by atomic mass is 16.5. The molecule has 0 aliphatic heterocycles. The third kappa shape index (κ3) is 3.19. The molecule has 2 saturated carbocycles. The molecule has 0 aromatic heterocycles. The Labute approximate surface area is 103 Å². The van der Waals surface area contributed by atoms with Gasteiger partial charge in [0.25, 0.3) is 0 Å². The Hall–Kier alpha value is -0.610. The molecule has 17 heavy (non-hydrogen) atoms. The molecule has 2 fully saturated rings. The fourth-order valence-corrected chi connectivity index (χ4v) is 2.93. The predicted octanol–water partition coefficient (Wildman–Crippen LogP) is 0.903. The van der Waals surface area contributed by atoms with Gasteiger partial charge < -0.3 is 15.8 Å². The van der Waals surface area contributed by atoms with Gasteiger partial charge in [-0.2, -0.15) is 0 Å². The van der Waals surface area contributed by atoms with Crippen molar-refractivity contribution in [2.45, 2.75) is 38.1 Å². The highest BCUT2D eigenvalue weighted by Crippen LogP contribution is 2.34. The minimum absolute atomic E-state index is 0.137. The summed E-state index contributed by atoms with van der Waals surface area (Å²) in [5, 5.41) is 3.17. The van der Waals surface area contributed by atoms with Crippen molar-refractivity contribution in [3.63, 3.8) is 0 Å². The topological polar surface area (TPSA) is 64.3 Å². The Morgan fingerprint density at radius 2 is 2.18 bits per heavy atom. The van der Waals surface area contributed by atoms with E-state index in [0.29, 0.717) is 25.0 Å². The molecule has 2 aliphatic carbocycles. The normalized spacial score (nSPS) is 30.2. The van der Waals surface area contributed by atoms with Gasteiger partial charge in [0.1, 0.15) is 0 Å². The maximum atomic E-state index is 12.2. The first-order valence-electron chi connectivity index (χ1n) is 6.75. The van der Waals surface area contributed by atoms with Gasteiger partial charge in [-0.05, 0) is 44.1 Å². The molecule has 0 heterocycles. The first-order chi connectivity index (χ1) is 8.26. The van der Waals surface area contributed by atoms with Crippen LogP contribution in [0.5, 0.6) is 0 Å². The van der Waals surface area contributed by atoms with Crippen LogP contribution in [0.15, 0.2) is 0 Å². The summed E-state index contributed by atoms with van der Waals surface area (Å²) < 4.78 is 5.18. The summed E-state index contributed by atoms with van der Waals surface area (Å²) in [4.78, 5) is 12.2. The van der Waals surface area contributed by atoms with E-state index < -0.39 is 0 Å². The third-order valence-corrected chi connectivity index (χ3v) is 4.16. The number of nitrogens with two attached hydrogens (primary N) is 1. The number of amides is 1. The number of methoxy groups -OCH3 is 1. The lowest BCUT2D eigenvalue weighted by Gasteiger charge is -2.22. The van der Waals surface area contributed by atoms with E-state index in [-0.39, 0.29) is 17.9 Å². The van der Waals surface area contributed by atoms with Gasteiger partial charge in [-0.3, -0.25) is 4.79 Å². The monoisotopic (exact) mass is 240 g/mol. The minimum atomic E-state index is 0.137. The molecule has 0 radical (unpaired) electrons. The van der Waals surface area contributed by atoms with E-state index in [0.717, 1.165) is 19.3 Å². The van der Waals surface area contributed by atoms with Crippen LogP contribution < -0.4 is 11.1 Å². The van der Waals surface area contributed by atoms with Gasteiger partial charge in [0, 0.05) is 13.0 Å². The fraction of sp³-hybridized carbons (Fsp3) is 0.923. The van der Waals surface area contributed by atoms with Crippen LogP contribution in [0, 0.1) is 17.8 Å². The number of ether oxygens (including phenoxy) is 1. The Morgan fingerprint density at radius 1 is 1.41 bits per heavy atom. The van der Waals surface area contributed by atoms with E-state index in [2.05, 4.69) is 5.32 Å². The maximum absolute atomic E-state index is 12.2. The van der Waals surface area contributed by atoms with Gasteiger partial charge in [0.05, 0.1) is 12.6 Å². The first kappa shape index (κ1) is 12.8. The highest BCUT2D eigenvalue weighted by molar-refractivity contribution is 5.79. The van der Waals surface area contributed by atoms with Crippen LogP contribution in [-0.2, 0) is 9.53 Å². The standard InChI is InChI=1S/C13H24N2O2/c1-17-8-12(9-5-6-9)15-13(16)11-4-2-3-10(11)7-14/h9-12H,2-8,14H2,1H3,(H,15,16)/t10-,11-,12?/m1/s1. The second kappa shape index (κ2) is 5.83. The van der Waals surface area contributed by atoms with Crippen molar-refractivity contribution < 1.29 is 9.53 Å². The molecule has 2 rings (SSSR count). The van der Waals surface area contributed by atoms with Crippen LogP contribution in [0.25, 0.3) is 0 Å². The average molecular weight is 240 g/mol. The minimum Gasteiger partial charge on any atom is -0.383 e. The van der Waals surface area contributed by atoms with Crippen LogP contribution in [0.2, 0.25) is 0 Å². The van der Waals surface area contributed by atoms with Gasteiger partial charge in [0.2, 0.25) is 5.91 Å². The number of carbonyl (C=O) groups excluding carboxylic acids is 1. The van der Waals surface area contributed by atoms with Crippen molar-refractivity contribution >= 4 is 5.91 Å². The largest absolute Gasteiger partial charge is 0.383 e. The van der Waals surface area contributed by atoms with Crippen molar-refractivity contribution in [2.75, 3.05) is 20.3 Å². The lowest BCUT2D eigenvalue weighted by Crippen LogP contribution is -2.44. The van der Waals surface area contributed by atoms with Gasteiger partial charge in [0.15, 0.2) is 0 Å². The molecule has 1 amide bonds. The second-order valence-corrected chi connectivity index (χ2v) is 5.44. The molecule has 3 N–H and O–H groups in total. The molecule has 0 saturated heterocycles. The van der Waals surface area contributed by atoms with Crippen molar-refractivity contribution in [1.29, 1.82) is 0 Å². The van der Waals surface area contributed by atoms with E-state index >= 15 is 0 Å². The van der Waals surface area contributed by atoms with Gasteiger partial charge in [-0.25, -0.2) is 0 Å². The Morgan fingerprint density at radius 3 is 2.76 bits per heavy atom. The van der Waals surface area contributed by atoms with Crippen LogP contribution in [-0.4, -0.2) is 32.2 Å². The van der Waals surface area contributed by atoms with Crippen LogP contribution in [0.4, 0.5) is 0 Å². The zero-order chi connectivity index (χ0) is 12.3. The first-order valence-corrected chi connectivity index (χ1v) is 6.75. The van der Waals surface area contributed by atoms with E-state index in [1.807, 2.05) is 0 Å². The summed E-state index contributed by atoms with van der Waals surface area (Å²) in [6.45, 7) is 1.27. The van der Waals surface area contributed by atoms with Crippen molar-refractivity contribution in [3.8, 4) is 0 Å². The zero-order valence-corrected chi connectivity index (χ0v) is 10.7. The van der Waals surface area contributed by atoms with Crippen molar-refractivity contribution in [2.24, 2.45) is 23.5 Å². The number of hydrogen-bond donors (Lipinski definition) is 2. The van der Waals surface area contributed by atoms with Crippen molar-refractivity contribution in [3.05, 3.63) is 0 Å². The summed E-state index contributed by atoms with van der Waals surface area (Å²) in [5.74, 6) is 1.36. The molecule has 3 atom stereocenters. The second-order valence-electron chi connectivity index (χ2n) is 5.44. The Bertz CT molecular complexity index is 266. The van der Waals surface area contributed by atoms with E-state index in [1.54, 1.807) is 7.11 Å². The highest BCUT2D eigenvalue weighted by Gasteiger charge is 2.36. The molecule has 0 spiro atoms. The lowest BCUT2D eigenvalue weighted by atomic mass is 9.95. The van der Waals surface area contributed by atoms with Gasteiger partial charge in [-0.1, -0.05) is 6.42 Å².